The first kappa shape index (κ1) is 11.0. The van der Waals surface area contributed by atoms with E-state index in [1.807, 2.05) is 25.1 Å². The summed E-state index contributed by atoms with van der Waals surface area (Å²) in [5, 5.41) is 0. The van der Waals surface area contributed by atoms with Crippen molar-refractivity contribution in [2.24, 2.45) is 0 Å². The van der Waals surface area contributed by atoms with E-state index in [0.29, 0.717) is 5.75 Å². The highest BCUT2D eigenvalue weighted by atomic mass is 79.9. The number of hydrogen-bond acceptors (Lipinski definition) is 2. The lowest BCUT2D eigenvalue weighted by molar-refractivity contribution is 0.171. The maximum absolute atomic E-state index is 11.3. The molecule has 0 heterocycles. The number of ether oxygens (including phenoxy) is 1. The number of aryl methyl sites for hydroxylation is 1. The van der Waals surface area contributed by atoms with Gasteiger partial charge < -0.3 is 9.64 Å². The molecule has 76 valence electrons. The Hall–Kier alpha value is -1.03. The van der Waals surface area contributed by atoms with Gasteiger partial charge in [-0.3, -0.25) is 0 Å². The van der Waals surface area contributed by atoms with Gasteiger partial charge in [-0.2, -0.15) is 0 Å². The molecule has 4 heteroatoms. The number of halogens is 1. The van der Waals surface area contributed by atoms with E-state index in [4.69, 9.17) is 4.74 Å². The Labute approximate surface area is 91.8 Å². The molecule has 0 radical (unpaired) electrons. The van der Waals surface area contributed by atoms with Crippen LogP contribution in [0.2, 0.25) is 0 Å². The average molecular weight is 258 g/mol. The van der Waals surface area contributed by atoms with Crippen molar-refractivity contribution in [3.63, 3.8) is 0 Å². The summed E-state index contributed by atoms with van der Waals surface area (Å²) in [4.78, 5) is 12.7. The maximum atomic E-state index is 11.3. The van der Waals surface area contributed by atoms with Crippen molar-refractivity contribution in [2.75, 3.05) is 14.1 Å². The Morgan fingerprint density at radius 1 is 1.43 bits per heavy atom. The van der Waals surface area contributed by atoms with Crippen LogP contribution in [0.25, 0.3) is 0 Å². The predicted octanol–water partition coefficient (Wildman–Crippen LogP) is 2.82. The molecule has 0 spiro atoms. The Bertz CT molecular complexity index is 330. The highest BCUT2D eigenvalue weighted by molar-refractivity contribution is 9.10. The van der Waals surface area contributed by atoms with Gasteiger partial charge in [0.25, 0.3) is 0 Å². The Morgan fingerprint density at radius 3 is 2.57 bits per heavy atom. The van der Waals surface area contributed by atoms with Crippen molar-refractivity contribution < 1.29 is 9.53 Å². The molecule has 3 nitrogen and oxygen atoms in total. The van der Waals surface area contributed by atoms with Crippen molar-refractivity contribution in [3.8, 4) is 5.75 Å². The number of para-hydroxylation sites is 1. The maximum Gasteiger partial charge on any atom is 0.414 e. The highest BCUT2D eigenvalue weighted by Gasteiger charge is 2.11. The molecule has 1 amide bonds. The quantitative estimate of drug-likeness (QED) is 0.775. The Balaban J connectivity index is 2.91. The van der Waals surface area contributed by atoms with Crippen LogP contribution in [0.4, 0.5) is 4.79 Å². The summed E-state index contributed by atoms with van der Waals surface area (Å²) in [5.41, 5.74) is 0.926. The normalized spacial score (nSPS) is 9.71. The minimum absolute atomic E-state index is 0.375. The minimum Gasteiger partial charge on any atom is -0.409 e. The molecule has 0 fully saturated rings. The molecule has 1 aromatic rings. The minimum atomic E-state index is -0.375. The zero-order valence-electron chi connectivity index (χ0n) is 8.37. The van der Waals surface area contributed by atoms with E-state index in [1.54, 1.807) is 14.1 Å². The number of hydrogen-bond donors (Lipinski definition) is 0. The summed E-state index contributed by atoms with van der Waals surface area (Å²) in [5.74, 6) is 0.575. The van der Waals surface area contributed by atoms with Crippen LogP contribution in [0.1, 0.15) is 5.56 Å². The van der Waals surface area contributed by atoms with E-state index in [-0.39, 0.29) is 6.09 Å². The monoisotopic (exact) mass is 257 g/mol. The molecule has 0 aliphatic rings. The van der Waals surface area contributed by atoms with E-state index >= 15 is 0 Å². The average Bonchev–Trinajstić information content (AvgIpc) is 2.11. The van der Waals surface area contributed by atoms with Gasteiger partial charge in [-0.05, 0) is 34.5 Å². The Kier molecular flexibility index (Phi) is 3.52. The van der Waals surface area contributed by atoms with E-state index in [9.17, 15) is 4.79 Å². The third-order valence-corrected chi connectivity index (χ3v) is 2.34. The van der Waals surface area contributed by atoms with Gasteiger partial charge in [0.1, 0.15) is 5.75 Å². The first-order valence-corrected chi connectivity index (χ1v) is 4.96. The van der Waals surface area contributed by atoms with Crippen molar-refractivity contribution in [3.05, 3.63) is 28.2 Å². The predicted molar refractivity (Wildman–Crippen MR) is 58.6 cm³/mol. The molecule has 0 unspecified atom stereocenters. The summed E-state index contributed by atoms with van der Waals surface area (Å²) < 4.78 is 5.96. The van der Waals surface area contributed by atoms with Gasteiger partial charge in [-0.15, -0.1) is 0 Å². The van der Waals surface area contributed by atoms with E-state index < -0.39 is 0 Å². The van der Waals surface area contributed by atoms with Gasteiger partial charge in [0.15, 0.2) is 0 Å². The second-order valence-corrected chi connectivity index (χ2v) is 4.00. The highest BCUT2D eigenvalue weighted by Crippen LogP contribution is 2.28. The molecule has 0 aliphatic heterocycles. The zero-order chi connectivity index (χ0) is 10.7. The van der Waals surface area contributed by atoms with Crippen LogP contribution in [-0.2, 0) is 0 Å². The summed E-state index contributed by atoms with van der Waals surface area (Å²) in [6, 6.07) is 5.63. The number of benzene rings is 1. The van der Waals surface area contributed by atoms with Crippen molar-refractivity contribution >= 4 is 22.0 Å². The lowest BCUT2D eigenvalue weighted by Gasteiger charge is -2.13. The van der Waals surface area contributed by atoms with Crippen molar-refractivity contribution in [1.29, 1.82) is 0 Å². The largest absolute Gasteiger partial charge is 0.414 e. The smallest absolute Gasteiger partial charge is 0.409 e. The fourth-order valence-corrected chi connectivity index (χ4v) is 1.47. The van der Waals surface area contributed by atoms with Crippen LogP contribution in [0, 0.1) is 6.92 Å². The van der Waals surface area contributed by atoms with Crippen LogP contribution in [0.15, 0.2) is 22.7 Å². The molecule has 0 atom stereocenters. The van der Waals surface area contributed by atoms with Crippen molar-refractivity contribution in [1.82, 2.24) is 4.90 Å². The number of nitrogens with zero attached hydrogens (tertiary/aromatic N) is 1. The molecular formula is C10H12BrNO2. The van der Waals surface area contributed by atoms with Gasteiger partial charge in [-0.1, -0.05) is 12.1 Å². The number of amides is 1. The number of carbonyl (C=O) groups excluding carboxylic acids is 1. The molecule has 0 saturated carbocycles. The second-order valence-electron chi connectivity index (χ2n) is 3.15. The fourth-order valence-electron chi connectivity index (χ4n) is 0.925. The lowest BCUT2D eigenvalue weighted by atomic mass is 10.2. The van der Waals surface area contributed by atoms with Gasteiger partial charge in [0, 0.05) is 14.1 Å². The lowest BCUT2D eigenvalue weighted by Crippen LogP contribution is -2.25. The third-order valence-electron chi connectivity index (χ3n) is 1.72. The van der Waals surface area contributed by atoms with Crippen LogP contribution in [0.5, 0.6) is 5.75 Å². The summed E-state index contributed by atoms with van der Waals surface area (Å²) >= 11 is 3.33. The molecule has 0 aromatic heterocycles. The van der Waals surface area contributed by atoms with Crippen LogP contribution in [-0.4, -0.2) is 25.1 Å². The zero-order valence-corrected chi connectivity index (χ0v) is 9.96. The van der Waals surface area contributed by atoms with Crippen molar-refractivity contribution in [2.45, 2.75) is 6.92 Å². The Morgan fingerprint density at radius 2 is 2.07 bits per heavy atom. The first-order valence-electron chi connectivity index (χ1n) is 4.16. The number of rotatable bonds is 1. The van der Waals surface area contributed by atoms with Crippen LogP contribution in [0.3, 0.4) is 0 Å². The standard InChI is InChI=1S/C10H12BrNO2/c1-7-5-4-6-8(11)9(7)14-10(13)12(2)3/h4-6H,1-3H3. The summed E-state index contributed by atoms with van der Waals surface area (Å²) in [6.45, 7) is 1.89. The SMILES string of the molecule is Cc1cccc(Br)c1OC(=O)N(C)C. The van der Waals surface area contributed by atoms with Gasteiger partial charge in [-0.25, -0.2) is 4.79 Å². The molecule has 14 heavy (non-hydrogen) atoms. The molecular weight excluding hydrogens is 246 g/mol. The topological polar surface area (TPSA) is 29.5 Å². The van der Waals surface area contributed by atoms with Crippen LogP contribution >= 0.6 is 15.9 Å². The van der Waals surface area contributed by atoms with E-state index in [2.05, 4.69) is 15.9 Å². The molecule has 1 rings (SSSR count). The molecule has 1 aromatic carbocycles. The van der Waals surface area contributed by atoms with E-state index in [1.165, 1.54) is 4.90 Å². The van der Waals surface area contributed by atoms with E-state index in [0.717, 1.165) is 10.0 Å². The second kappa shape index (κ2) is 4.46. The molecule has 0 aliphatic carbocycles. The van der Waals surface area contributed by atoms with Crippen LogP contribution < -0.4 is 4.74 Å². The molecule has 0 N–H and O–H groups in total. The molecule has 0 saturated heterocycles. The number of carbonyl (C=O) groups is 1. The van der Waals surface area contributed by atoms with Gasteiger partial charge >= 0.3 is 6.09 Å². The van der Waals surface area contributed by atoms with Gasteiger partial charge in [0.2, 0.25) is 0 Å². The van der Waals surface area contributed by atoms with Gasteiger partial charge in [0.05, 0.1) is 4.47 Å². The fraction of sp³-hybridized carbons (Fsp3) is 0.300. The summed E-state index contributed by atoms with van der Waals surface area (Å²) in [6.07, 6.45) is -0.375. The summed E-state index contributed by atoms with van der Waals surface area (Å²) in [7, 11) is 3.29. The first-order chi connectivity index (χ1) is 6.52. The molecule has 0 bridgehead atoms. The third kappa shape index (κ3) is 2.48.